The molecule has 3 nitrogen and oxygen atoms in total. The van der Waals surface area contributed by atoms with Gasteiger partial charge in [-0.1, -0.05) is 83.7 Å². The van der Waals surface area contributed by atoms with Crippen molar-refractivity contribution in [3.8, 4) is 0 Å². The van der Waals surface area contributed by atoms with Crippen LogP contribution in [0.5, 0.6) is 0 Å². The molecule has 1 fully saturated rings. The average Bonchev–Trinajstić information content (AvgIpc) is 2.67. The normalized spacial score (nSPS) is 18.1. The van der Waals surface area contributed by atoms with Crippen molar-refractivity contribution in [3.63, 3.8) is 0 Å². The highest BCUT2D eigenvalue weighted by Gasteiger charge is 2.27. The largest absolute Gasteiger partial charge is 0.435 e. The second-order valence-corrected chi connectivity index (χ2v) is 9.02. The molecule has 0 spiro atoms. The summed E-state index contributed by atoms with van der Waals surface area (Å²) < 4.78 is 12.0. The zero-order valence-corrected chi connectivity index (χ0v) is 17.7. The quantitative estimate of drug-likeness (QED) is 0.363. The van der Waals surface area contributed by atoms with Gasteiger partial charge in [-0.15, -0.1) is 0 Å². The monoisotopic (exact) mass is 374 g/mol. The number of rotatable bonds is 10. The van der Waals surface area contributed by atoms with E-state index >= 15 is 0 Å². The molecular formula is C24H38O3. The number of esters is 1. The molecule has 0 bridgehead atoms. The van der Waals surface area contributed by atoms with Crippen molar-refractivity contribution in [2.75, 3.05) is 6.61 Å². The van der Waals surface area contributed by atoms with Gasteiger partial charge in [-0.25, -0.2) is 0 Å². The van der Waals surface area contributed by atoms with Gasteiger partial charge in [-0.05, 0) is 36.2 Å². The van der Waals surface area contributed by atoms with Crippen molar-refractivity contribution in [1.29, 1.82) is 0 Å². The smallest absolute Gasteiger partial charge is 0.310 e. The maximum absolute atomic E-state index is 12.7. The first-order valence-electron chi connectivity index (χ1n) is 10.8. The molecule has 3 heteroatoms. The van der Waals surface area contributed by atoms with Crippen LogP contribution in [0.25, 0.3) is 0 Å². The van der Waals surface area contributed by atoms with Crippen molar-refractivity contribution < 1.29 is 14.3 Å². The lowest BCUT2D eigenvalue weighted by Crippen LogP contribution is -2.31. The van der Waals surface area contributed by atoms with Gasteiger partial charge >= 0.3 is 5.97 Å². The van der Waals surface area contributed by atoms with Crippen LogP contribution in [0.2, 0.25) is 0 Å². The number of hydrogen-bond donors (Lipinski definition) is 0. The Bertz CT molecular complexity index is 546. The molecular weight excluding hydrogens is 336 g/mol. The topological polar surface area (TPSA) is 35.5 Å². The lowest BCUT2D eigenvalue weighted by molar-refractivity contribution is -0.186. The van der Waals surface area contributed by atoms with E-state index in [9.17, 15) is 4.79 Å². The minimum absolute atomic E-state index is 0.114. The summed E-state index contributed by atoms with van der Waals surface area (Å²) in [5.74, 6) is 0.352. The van der Waals surface area contributed by atoms with E-state index in [1.54, 1.807) is 0 Å². The molecule has 0 aromatic heterocycles. The summed E-state index contributed by atoms with van der Waals surface area (Å²) in [7, 11) is 0. The van der Waals surface area contributed by atoms with E-state index in [1.165, 1.54) is 32.1 Å². The maximum Gasteiger partial charge on any atom is 0.310 e. The third-order valence-electron chi connectivity index (χ3n) is 5.95. The van der Waals surface area contributed by atoms with E-state index in [4.69, 9.17) is 9.47 Å². The lowest BCUT2D eigenvalue weighted by Gasteiger charge is -2.28. The minimum Gasteiger partial charge on any atom is -0.435 e. The number of hydrogen-bond acceptors (Lipinski definition) is 3. The summed E-state index contributed by atoms with van der Waals surface area (Å²) in [5, 5.41) is 0. The molecule has 1 aliphatic carbocycles. The molecule has 0 heterocycles. The van der Waals surface area contributed by atoms with Crippen LogP contribution in [0.15, 0.2) is 30.3 Å². The van der Waals surface area contributed by atoms with Gasteiger partial charge in [0.25, 0.3) is 0 Å². The number of carbonyl (C=O) groups is 1. The highest BCUT2D eigenvalue weighted by Crippen LogP contribution is 2.30. The Morgan fingerprint density at radius 1 is 1.15 bits per heavy atom. The average molecular weight is 375 g/mol. The summed E-state index contributed by atoms with van der Waals surface area (Å²) in [6.07, 6.45) is 8.39. The first-order chi connectivity index (χ1) is 12.9. The van der Waals surface area contributed by atoms with Gasteiger partial charge in [0.2, 0.25) is 6.29 Å². The fraction of sp³-hybridized carbons (Fsp3) is 0.708. The van der Waals surface area contributed by atoms with Gasteiger partial charge in [-0.2, -0.15) is 0 Å². The summed E-state index contributed by atoms with van der Waals surface area (Å²) in [6.45, 7) is 9.25. The molecule has 0 radical (unpaired) electrons. The zero-order valence-electron chi connectivity index (χ0n) is 17.7. The fourth-order valence-electron chi connectivity index (χ4n) is 3.84. The van der Waals surface area contributed by atoms with E-state index in [0.29, 0.717) is 18.9 Å². The van der Waals surface area contributed by atoms with Crippen LogP contribution < -0.4 is 0 Å². The third-order valence-corrected chi connectivity index (χ3v) is 5.95. The van der Waals surface area contributed by atoms with Crippen LogP contribution in [0.4, 0.5) is 0 Å². The van der Waals surface area contributed by atoms with E-state index < -0.39 is 6.29 Å². The molecule has 0 saturated heterocycles. The van der Waals surface area contributed by atoms with Crippen molar-refractivity contribution >= 4 is 5.97 Å². The second-order valence-electron chi connectivity index (χ2n) is 9.02. The Kier molecular flexibility index (Phi) is 8.82. The predicted octanol–water partition coefficient (Wildman–Crippen LogP) is 6.16. The van der Waals surface area contributed by atoms with Gasteiger partial charge in [0.1, 0.15) is 0 Å². The highest BCUT2D eigenvalue weighted by atomic mass is 16.7. The highest BCUT2D eigenvalue weighted by molar-refractivity contribution is 5.72. The van der Waals surface area contributed by atoms with Crippen LogP contribution in [0, 0.1) is 17.3 Å². The van der Waals surface area contributed by atoms with Crippen LogP contribution in [0.1, 0.15) is 78.2 Å². The predicted molar refractivity (Wildman–Crippen MR) is 110 cm³/mol. The lowest BCUT2D eigenvalue weighted by atomic mass is 9.81. The minimum atomic E-state index is -0.492. The molecule has 2 unspecified atom stereocenters. The molecule has 1 saturated carbocycles. The zero-order chi connectivity index (χ0) is 19.7. The molecule has 1 aromatic rings. The maximum atomic E-state index is 12.7. The van der Waals surface area contributed by atoms with Crippen LogP contribution >= 0.6 is 0 Å². The molecule has 0 amide bonds. The fourth-order valence-corrected chi connectivity index (χ4v) is 3.84. The molecule has 1 aromatic carbocycles. The van der Waals surface area contributed by atoms with E-state index in [2.05, 4.69) is 32.9 Å². The van der Waals surface area contributed by atoms with E-state index in [-0.39, 0.29) is 17.3 Å². The summed E-state index contributed by atoms with van der Waals surface area (Å²) in [6, 6.07) is 10.2. The molecule has 27 heavy (non-hydrogen) atoms. The van der Waals surface area contributed by atoms with Gasteiger partial charge < -0.3 is 9.47 Å². The molecule has 1 aliphatic rings. The van der Waals surface area contributed by atoms with Gasteiger partial charge in [0.05, 0.1) is 12.5 Å². The molecule has 2 atom stereocenters. The van der Waals surface area contributed by atoms with Crippen LogP contribution in [-0.4, -0.2) is 18.9 Å². The van der Waals surface area contributed by atoms with Crippen molar-refractivity contribution in [1.82, 2.24) is 0 Å². The van der Waals surface area contributed by atoms with E-state index in [0.717, 1.165) is 18.4 Å². The summed E-state index contributed by atoms with van der Waals surface area (Å²) in [5.41, 5.74) is 1.29. The van der Waals surface area contributed by atoms with Crippen molar-refractivity contribution in [2.24, 2.45) is 17.3 Å². The summed E-state index contributed by atoms with van der Waals surface area (Å²) in [4.78, 5) is 12.7. The molecule has 152 valence electrons. The Morgan fingerprint density at radius 3 is 2.44 bits per heavy atom. The standard InChI is InChI=1S/C24H38O3/c1-5-24(3,4)17-19(2)23(25)27-22(16-20-12-8-6-9-13-20)26-18-21-14-10-7-11-15-21/h6,8-9,12-13,19,21-22H,5,7,10-11,14-18H2,1-4H3. The third kappa shape index (κ3) is 8.04. The number of ether oxygens (including phenoxy) is 2. The van der Waals surface area contributed by atoms with Crippen LogP contribution in [0.3, 0.4) is 0 Å². The molecule has 0 aliphatic heterocycles. The Morgan fingerprint density at radius 2 is 1.81 bits per heavy atom. The molecule has 2 rings (SSSR count). The first kappa shape index (κ1) is 21.9. The first-order valence-corrected chi connectivity index (χ1v) is 10.8. The second kappa shape index (κ2) is 10.8. The number of carbonyl (C=O) groups excluding carboxylic acids is 1. The SMILES string of the molecule is CCC(C)(C)CC(C)C(=O)OC(Cc1ccccc1)OCC1CCCCC1. The van der Waals surface area contributed by atoms with Crippen molar-refractivity contribution in [3.05, 3.63) is 35.9 Å². The Labute approximate surface area is 165 Å². The number of benzene rings is 1. The van der Waals surface area contributed by atoms with Crippen molar-refractivity contribution in [2.45, 2.75) is 85.4 Å². The molecule has 0 N–H and O–H groups in total. The summed E-state index contributed by atoms with van der Waals surface area (Å²) >= 11 is 0. The Hall–Kier alpha value is -1.35. The Balaban J connectivity index is 1.94. The van der Waals surface area contributed by atoms with Gasteiger partial charge in [0, 0.05) is 6.42 Å². The van der Waals surface area contributed by atoms with E-state index in [1.807, 2.05) is 25.1 Å². The van der Waals surface area contributed by atoms with Gasteiger partial charge in [-0.3, -0.25) is 4.79 Å². The van der Waals surface area contributed by atoms with Gasteiger partial charge in [0.15, 0.2) is 0 Å². The van der Waals surface area contributed by atoms with Crippen LogP contribution in [-0.2, 0) is 20.7 Å².